The molecular weight excluding hydrogens is 260 g/mol. The molecule has 2 bridgehead atoms. The minimum atomic E-state index is -0.0622. The van der Waals surface area contributed by atoms with Gasteiger partial charge >= 0.3 is 6.03 Å². The van der Waals surface area contributed by atoms with Gasteiger partial charge in [-0.2, -0.15) is 0 Å². The van der Waals surface area contributed by atoms with Gasteiger partial charge in [0.15, 0.2) is 0 Å². The van der Waals surface area contributed by atoms with Crippen molar-refractivity contribution >= 4 is 11.7 Å². The zero-order valence-corrected chi connectivity index (χ0v) is 13.3. The molecule has 2 amide bonds. The van der Waals surface area contributed by atoms with Crippen LogP contribution in [-0.4, -0.2) is 12.6 Å². The Balaban J connectivity index is 1.55. The molecule has 0 unspecified atom stereocenters. The van der Waals surface area contributed by atoms with Crippen molar-refractivity contribution in [1.29, 1.82) is 0 Å². The number of carbonyl (C=O) groups is 1. The average molecular weight is 286 g/mol. The smallest absolute Gasteiger partial charge is 0.319 e. The van der Waals surface area contributed by atoms with Crippen LogP contribution in [0.1, 0.15) is 42.4 Å². The van der Waals surface area contributed by atoms with E-state index in [4.69, 9.17) is 0 Å². The van der Waals surface area contributed by atoms with Crippen LogP contribution in [0.25, 0.3) is 0 Å². The number of anilines is 1. The van der Waals surface area contributed by atoms with Crippen molar-refractivity contribution in [2.75, 3.05) is 11.9 Å². The number of fused-ring (bicyclic) bond motifs is 2. The first-order chi connectivity index (χ1) is 10.0. The fraction of sp³-hybridized carbons (Fsp3) is 0.611. The Labute approximate surface area is 127 Å². The predicted octanol–water partition coefficient (Wildman–Crippen LogP) is 4.17. The van der Waals surface area contributed by atoms with Crippen LogP contribution in [0.5, 0.6) is 0 Å². The van der Waals surface area contributed by atoms with Gasteiger partial charge in [0, 0.05) is 12.2 Å². The molecule has 1 aromatic carbocycles. The molecule has 0 radical (unpaired) electrons. The molecule has 2 aliphatic carbocycles. The summed E-state index contributed by atoms with van der Waals surface area (Å²) < 4.78 is 0. The van der Waals surface area contributed by atoms with Crippen molar-refractivity contribution < 1.29 is 4.79 Å². The van der Waals surface area contributed by atoms with Crippen molar-refractivity contribution in [2.45, 2.75) is 46.5 Å². The molecule has 114 valence electrons. The summed E-state index contributed by atoms with van der Waals surface area (Å²) in [5.74, 6) is 2.50. The minimum Gasteiger partial charge on any atom is -0.338 e. The first-order valence-corrected chi connectivity index (χ1v) is 8.15. The molecule has 0 heterocycles. The molecule has 2 fully saturated rings. The van der Waals surface area contributed by atoms with Gasteiger partial charge in [0.1, 0.15) is 0 Å². The summed E-state index contributed by atoms with van der Waals surface area (Å²) in [5, 5.41) is 6.10. The van der Waals surface area contributed by atoms with E-state index in [0.717, 1.165) is 35.2 Å². The molecule has 2 aliphatic rings. The Kier molecular flexibility index (Phi) is 3.92. The number of aryl methyl sites for hydroxylation is 3. The number of amides is 2. The number of hydrogen-bond acceptors (Lipinski definition) is 1. The molecule has 21 heavy (non-hydrogen) atoms. The number of nitrogens with one attached hydrogen (secondary N) is 2. The lowest BCUT2D eigenvalue weighted by atomic mass is 9.89. The first kappa shape index (κ1) is 14.4. The summed E-state index contributed by atoms with van der Waals surface area (Å²) in [4.78, 5) is 12.1. The normalized spacial score (nSPS) is 26.9. The molecule has 3 rings (SSSR count). The molecule has 2 N–H and O–H groups in total. The maximum Gasteiger partial charge on any atom is 0.319 e. The van der Waals surface area contributed by atoms with E-state index < -0.39 is 0 Å². The van der Waals surface area contributed by atoms with E-state index in [-0.39, 0.29) is 6.03 Å². The highest BCUT2D eigenvalue weighted by Crippen LogP contribution is 2.47. The summed E-state index contributed by atoms with van der Waals surface area (Å²) in [6.07, 6.45) is 5.49. The Hall–Kier alpha value is -1.51. The van der Waals surface area contributed by atoms with Crippen LogP contribution >= 0.6 is 0 Å². The number of benzene rings is 1. The predicted molar refractivity (Wildman–Crippen MR) is 86.6 cm³/mol. The highest BCUT2D eigenvalue weighted by Gasteiger charge is 2.39. The molecule has 3 heteroatoms. The zero-order valence-electron chi connectivity index (χ0n) is 13.3. The lowest BCUT2D eigenvalue weighted by Gasteiger charge is -2.22. The summed E-state index contributed by atoms with van der Waals surface area (Å²) >= 11 is 0. The van der Waals surface area contributed by atoms with E-state index in [1.165, 1.54) is 31.2 Å². The van der Waals surface area contributed by atoms with Crippen molar-refractivity contribution in [2.24, 2.45) is 17.8 Å². The van der Waals surface area contributed by atoms with Gasteiger partial charge in [0.25, 0.3) is 0 Å². The minimum absolute atomic E-state index is 0.0622. The first-order valence-electron chi connectivity index (χ1n) is 8.15. The lowest BCUT2D eigenvalue weighted by Crippen LogP contribution is -2.35. The Morgan fingerprint density at radius 2 is 1.86 bits per heavy atom. The molecule has 3 nitrogen and oxygen atoms in total. The highest BCUT2D eigenvalue weighted by molar-refractivity contribution is 5.91. The topological polar surface area (TPSA) is 41.1 Å². The fourth-order valence-corrected chi connectivity index (χ4v) is 4.39. The lowest BCUT2D eigenvalue weighted by molar-refractivity contribution is 0.245. The van der Waals surface area contributed by atoms with Crippen molar-refractivity contribution in [1.82, 2.24) is 5.32 Å². The monoisotopic (exact) mass is 286 g/mol. The van der Waals surface area contributed by atoms with Crippen LogP contribution in [0.15, 0.2) is 12.1 Å². The maximum atomic E-state index is 12.1. The highest BCUT2D eigenvalue weighted by atomic mass is 16.2. The molecule has 2 saturated carbocycles. The van der Waals surface area contributed by atoms with Crippen molar-refractivity contribution in [3.05, 3.63) is 28.8 Å². The number of carbonyl (C=O) groups excluding carboxylic acids is 1. The third-order valence-electron chi connectivity index (χ3n) is 5.32. The van der Waals surface area contributed by atoms with E-state index in [2.05, 4.69) is 29.7 Å². The Morgan fingerprint density at radius 1 is 1.14 bits per heavy atom. The Bertz CT molecular complexity index is 529. The van der Waals surface area contributed by atoms with E-state index in [1.807, 2.05) is 13.8 Å². The second kappa shape index (κ2) is 5.70. The summed E-state index contributed by atoms with van der Waals surface area (Å²) in [7, 11) is 0. The van der Waals surface area contributed by atoms with Crippen LogP contribution in [0.3, 0.4) is 0 Å². The van der Waals surface area contributed by atoms with E-state index in [1.54, 1.807) is 0 Å². The number of rotatable bonds is 3. The van der Waals surface area contributed by atoms with E-state index in [0.29, 0.717) is 5.92 Å². The largest absolute Gasteiger partial charge is 0.338 e. The van der Waals surface area contributed by atoms with Crippen LogP contribution in [0, 0.1) is 38.5 Å². The van der Waals surface area contributed by atoms with Gasteiger partial charge in [0.05, 0.1) is 0 Å². The fourth-order valence-electron chi connectivity index (χ4n) is 4.39. The number of urea groups is 1. The average Bonchev–Trinajstić information content (AvgIpc) is 3.03. The Morgan fingerprint density at radius 3 is 2.43 bits per heavy atom. The van der Waals surface area contributed by atoms with Gasteiger partial charge in [-0.1, -0.05) is 24.1 Å². The van der Waals surface area contributed by atoms with Crippen molar-refractivity contribution in [3.63, 3.8) is 0 Å². The zero-order chi connectivity index (χ0) is 15.0. The van der Waals surface area contributed by atoms with Crippen LogP contribution in [-0.2, 0) is 0 Å². The van der Waals surface area contributed by atoms with Gasteiger partial charge in [-0.05, 0) is 68.9 Å². The van der Waals surface area contributed by atoms with Gasteiger partial charge in [-0.15, -0.1) is 0 Å². The van der Waals surface area contributed by atoms with E-state index in [9.17, 15) is 4.79 Å². The second-order valence-electron chi connectivity index (χ2n) is 7.04. The van der Waals surface area contributed by atoms with Gasteiger partial charge in [-0.25, -0.2) is 4.79 Å². The van der Waals surface area contributed by atoms with Crippen LogP contribution < -0.4 is 10.6 Å². The third kappa shape index (κ3) is 3.07. The van der Waals surface area contributed by atoms with Gasteiger partial charge < -0.3 is 10.6 Å². The molecule has 0 aliphatic heterocycles. The molecule has 3 atom stereocenters. The molecule has 1 aromatic rings. The second-order valence-corrected chi connectivity index (χ2v) is 7.04. The van der Waals surface area contributed by atoms with E-state index >= 15 is 0 Å². The summed E-state index contributed by atoms with van der Waals surface area (Å²) in [6, 6.07) is 4.16. The van der Waals surface area contributed by atoms with Gasteiger partial charge in [0.2, 0.25) is 0 Å². The molecule has 0 aromatic heterocycles. The summed E-state index contributed by atoms with van der Waals surface area (Å²) in [6.45, 7) is 7.01. The molecular formula is C18H26N2O. The van der Waals surface area contributed by atoms with Crippen molar-refractivity contribution in [3.8, 4) is 0 Å². The quantitative estimate of drug-likeness (QED) is 0.860. The number of hydrogen-bond donors (Lipinski definition) is 2. The SMILES string of the molecule is Cc1cc(C)c(NC(=O)NC[C@H]2C[C@H]3CC[C@H]2C3)c(C)c1. The van der Waals surface area contributed by atoms with Crippen LogP contribution in [0.2, 0.25) is 0 Å². The molecule has 0 spiro atoms. The standard InChI is InChI=1S/C18H26N2O/c1-11-6-12(2)17(13(3)7-11)20-18(21)19-10-16-9-14-4-5-15(16)8-14/h6-7,14-16H,4-5,8-10H2,1-3H3,(H2,19,20,21)/t14-,15-,16+/m0/s1. The maximum absolute atomic E-state index is 12.1. The van der Waals surface area contributed by atoms with Gasteiger partial charge in [-0.3, -0.25) is 0 Å². The summed E-state index contributed by atoms with van der Waals surface area (Å²) in [5.41, 5.74) is 4.44. The third-order valence-corrected chi connectivity index (χ3v) is 5.32. The van der Waals surface area contributed by atoms with Crippen LogP contribution in [0.4, 0.5) is 10.5 Å². The molecule has 0 saturated heterocycles.